The summed E-state index contributed by atoms with van der Waals surface area (Å²) in [6.07, 6.45) is 4.65. The smallest absolute Gasteiger partial charge is 0.303 e. The Morgan fingerprint density at radius 1 is 1.48 bits per heavy atom. The lowest BCUT2D eigenvalue weighted by molar-refractivity contribution is -0.154. The molecule has 4 nitrogen and oxygen atoms in total. The minimum Gasteiger partial charge on any atom is -0.458 e. The van der Waals surface area contributed by atoms with Crippen molar-refractivity contribution in [1.29, 1.82) is 0 Å². The van der Waals surface area contributed by atoms with Crippen LogP contribution in [-0.2, 0) is 14.3 Å². The van der Waals surface area contributed by atoms with Gasteiger partial charge < -0.3 is 9.84 Å². The Labute approximate surface area is 126 Å². The maximum Gasteiger partial charge on any atom is 0.303 e. The highest BCUT2D eigenvalue weighted by atomic mass is 16.5. The molecule has 0 saturated heterocycles. The standard InChI is InChI=1S/C17H26O4/c1-11(2)7-6-8-17(5,20)14-10-15(19)12(3)9-16(14)21-13(4)18/h7,9,14,16,20H,6,8,10H2,1-5H3/t14-,16+,17-/m1/s1. The number of aliphatic hydroxyl groups is 1. The van der Waals surface area contributed by atoms with Crippen LogP contribution in [0.15, 0.2) is 23.3 Å². The summed E-state index contributed by atoms with van der Waals surface area (Å²) in [5.74, 6) is -0.794. The number of ketones is 1. The fourth-order valence-corrected chi connectivity index (χ4v) is 2.65. The molecule has 0 aromatic rings. The van der Waals surface area contributed by atoms with Gasteiger partial charge in [-0.05, 0) is 52.2 Å². The van der Waals surface area contributed by atoms with E-state index in [-0.39, 0.29) is 12.2 Å². The molecule has 0 spiro atoms. The highest BCUT2D eigenvalue weighted by Crippen LogP contribution is 2.35. The highest BCUT2D eigenvalue weighted by molar-refractivity contribution is 5.96. The summed E-state index contributed by atoms with van der Waals surface area (Å²) < 4.78 is 5.29. The predicted octanol–water partition coefficient (Wildman–Crippen LogP) is 2.95. The van der Waals surface area contributed by atoms with Gasteiger partial charge in [0.1, 0.15) is 6.10 Å². The monoisotopic (exact) mass is 294 g/mol. The Kier molecular flexibility index (Phi) is 5.90. The normalized spacial score (nSPS) is 24.9. The fraction of sp³-hybridized carbons (Fsp3) is 0.647. The van der Waals surface area contributed by atoms with Crippen molar-refractivity contribution in [3.05, 3.63) is 23.3 Å². The molecule has 0 aliphatic heterocycles. The van der Waals surface area contributed by atoms with Gasteiger partial charge in [-0.1, -0.05) is 11.6 Å². The molecule has 0 unspecified atom stereocenters. The summed E-state index contributed by atoms with van der Waals surface area (Å²) in [5.41, 5.74) is 0.731. The second-order valence-electron chi connectivity index (χ2n) is 6.33. The predicted molar refractivity (Wildman–Crippen MR) is 81.7 cm³/mol. The van der Waals surface area contributed by atoms with Crippen LogP contribution in [0.3, 0.4) is 0 Å². The van der Waals surface area contributed by atoms with E-state index in [1.54, 1.807) is 19.9 Å². The van der Waals surface area contributed by atoms with Gasteiger partial charge in [-0.3, -0.25) is 9.59 Å². The summed E-state index contributed by atoms with van der Waals surface area (Å²) in [6.45, 7) is 8.79. The quantitative estimate of drug-likeness (QED) is 0.625. The molecule has 0 heterocycles. The first-order chi connectivity index (χ1) is 9.63. The van der Waals surface area contributed by atoms with E-state index in [1.807, 2.05) is 13.8 Å². The second kappa shape index (κ2) is 7.03. The average molecular weight is 294 g/mol. The molecule has 21 heavy (non-hydrogen) atoms. The lowest BCUT2D eigenvalue weighted by Crippen LogP contribution is -2.46. The Morgan fingerprint density at radius 2 is 2.10 bits per heavy atom. The largest absolute Gasteiger partial charge is 0.458 e. The Hall–Kier alpha value is -1.42. The van der Waals surface area contributed by atoms with E-state index in [0.29, 0.717) is 12.0 Å². The molecule has 1 N–H and O–H groups in total. The number of carbonyl (C=O) groups excluding carboxylic acids is 2. The van der Waals surface area contributed by atoms with Crippen LogP contribution < -0.4 is 0 Å². The van der Waals surface area contributed by atoms with Crippen LogP contribution in [0.2, 0.25) is 0 Å². The van der Waals surface area contributed by atoms with Gasteiger partial charge in [0.25, 0.3) is 0 Å². The number of ether oxygens (including phenoxy) is 1. The SMILES string of the molecule is CC(=O)O[C@H]1C=C(C)C(=O)C[C@H]1[C@](C)(O)CCC=C(C)C. The Morgan fingerprint density at radius 3 is 2.62 bits per heavy atom. The van der Waals surface area contributed by atoms with Crippen LogP contribution in [0.5, 0.6) is 0 Å². The van der Waals surface area contributed by atoms with Crippen molar-refractivity contribution < 1.29 is 19.4 Å². The molecule has 0 aromatic carbocycles. The molecule has 0 radical (unpaired) electrons. The molecule has 0 amide bonds. The molecule has 4 heteroatoms. The highest BCUT2D eigenvalue weighted by Gasteiger charge is 2.42. The van der Waals surface area contributed by atoms with Gasteiger partial charge in [0.15, 0.2) is 5.78 Å². The topological polar surface area (TPSA) is 63.6 Å². The minimum absolute atomic E-state index is 0.00545. The number of esters is 1. The average Bonchev–Trinajstić information content (AvgIpc) is 2.31. The summed E-state index contributed by atoms with van der Waals surface area (Å²) in [6, 6.07) is 0. The zero-order valence-corrected chi connectivity index (χ0v) is 13.6. The van der Waals surface area contributed by atoms with Crippen molar-refractivity contribution in [3.63, 3.8) is 0 Å². The van der Waals surface area contributed by atoms with Gasteiger partial charge in [0.2, 0.25) is 0 Å². The summed E-state index contributed by atoms with van der Waals surface area (Å²) in [7, 11) is 0. The summed E-state index contributed by atoms with van der Waals surface area (Å²) in [4.78, 5) is 23.2. The lowest BCUT2D eigenvalue weighted by atomic mass is 9.74. The first kappa shape index (κ1) is 17.6. The first-order valence-corrected chi connectivity index (χ1v) is 7.38. The molecular weight excluding hydrogens is 268 g/mol. The van der Waals surface area contributed by atoms with Crippen LogP contribution in [-0.4, -0.2) is 28.6 Å². The Bertz CT molecular complexity index is 467. The number of allylic oxidation sites excluding steroid dienone is 3. The number of Topliss-reactive ketones (excluding diaryl/α,β-unsaturated/α-hetero) is 1. The van der Waals surface area contributed by atoms with Crippen molar-refractivity contribution in [2.45, 2.75) is 65.6 Å². The van der Waals surface area contributed by atoms with Gasteiger partial charge in [0, 0.05) is 19.3 Å². The lowest BCUT2D eigenvalue weighted by Gasteiger charge is -2.38. The molecule has 1 aliphatic carbocycles. The van der Waals surface area contributed by atoms with Crippen LogP contribution in [0.4, 0.5) is 0 Å². The van der Waals surface area contributed by atoms with Crippen molar-refractivity contribution in [2.24, 2.45) is 5.92 Å². The molecule has 118 valence electrons. The van der Waals surface area contributed by atoms with E-state index in [4.69, 9.17) is 4.74 Å². The fourth-order valence-electron chi connectivity index (χ4n) is 2.65. The van der Waals surface area contributed by atoms with E-state index in [0.717, 1.165) is 6.42 Å². The van der Waals surface area contributed by atoms with Crippen molar-refractivity contribution >= 4 is 11.8 Å². The number of carbonyl (C=O) groups is 2. The van der Waals surface area contributed by atoms with Crippen molar-refractivity contribution in [3.8, 4) is 0 Å². The van der Waals surface area contributed by atoms with Crippen molar-refractivity contribution in [2.75, 3.05) is 0 Å². The van der Waals surface area contributed by atoms with E-state index in [9.17, 15) is 14.7 Å². The van der Waals surface area contributed by atoms with E-state index >= 15 is 0 Å². The molecular formula is C17H26O4. The second-order valence-corrected chi connectivity index (χ2v) is 6.33. The first-order valence-electron chi connectivity index (χ1n) is 7.38. The molecule has 0 aromatic heterocycles. The summed E-state index contributed by atoms with van der Waals surface area (Å²) >= 11 is 0. The molecule has 0 fully saturated rings. The van der Waals surface area contributed by atoms with E-state index in [1.165, 1.54) is 12.5 Å². The maximum atomic E-state index is 11.9. The minimum atomic E-state index is -1.06. The van der Waals surface area contributed by atoms with E-state index in [2.05, 4.69) is 6.08 Å². The third-order valence-corrected chi connectivity index (χ3v) is 3.96. The van der Waals surface area contributed by atoms with Gasteiger partial charge in [-0.15, -0.1) is 0 Å². The Balaban J connectivity index is 2.91. The molecule has 0 bridgehead atoms. The van der Waals surface area contributed by atoms with Gasteiger partial charge in [-0.2, -0.15) is 0 Å². The van der Waals surface area contributed by atoms with E-state index < -0.39 is 23.6 Å². The van der Waals surface area contributed by atoms with Gasteiger partial charge >= 0.3 is 5.97 Å². The molecule has 0 saturated carbocycles. The molecule has 3 atom stereocenters. The number of rotatable bonds is 5. The van der Waals surface area contributed by atoms with Crippen LogP contribution >= 0.6 is 0 Å². The maximum absolute atomic E-state index is 11.9. The number of hydrogen-bond donors (Lipinski definition) is 1. The van der Waals surface area contributed by atoms with Crippen LogP contribution in [0, 0.1) is 5.92 Å². The summed E-state index contributed by atoms with van der Waals surface area (Å²) in [5, 5.41) is 10.7. The zero-order chi connectivity index (χ0) is 16.2. The molecule has 1 aliphatic rings. The molecule has 1 rings (SSSR count). The van der Waals surface area contributed by atoms with Crippen molar-refractivity contribution in [1.82, 2.24) is 0 Å². The van der Waals surface area contributed by atoms with Gasteiger partial charge in [-0.25, -0.2) is 0 Å². The zero-order valence-electron chi connectivity index (χ0n) is 13.6. The van der Waals surface area contributed by atoms with Crippen LogP contribution in [0.1, 0.15) is 53.9 Å². The third kappa shape index (κ3) is 5.12. The van der Waals surface area contributed by atoms with Gasteiger partial charge in [0.05, 0.1) is 5.60 Å². The van der Waals surface area contributed by atoms with Crippen LogP contribution in [0.25, 0.3) is 0 Å². The third-order valence-electron chi connectivity index (χ3n) is 3.96. The number of hydrogen-bond acceptors (Lipinski definition) is 4.